The van der Waals surface area contributed by atoms with E-state index in [1.54, 1.807) is 16.4 Å². The number of benzene rings is 1. The zero-order chi connectivity index (χ0) is 17.3. The molecule has 1 aromatic carbocycles. The fourth-order valence-corrected chi connectivity index (χ4v) is 7.92. The van der Waals surface area contributed by atoms with Gasteiger partial charge in [0.05, 0.1) is 4.90 Å². The van der Waals surface area contributed by atoms with Crippen LogP contribution in [0.5, 0.6) is 0 Å². The van der Waals surface area contributed by atoms with Gasteiger partial charge in [-0.3, -0.25) is 0 Å². The van der Waals surface area contributed by atoms with Gasteiger partial charge in [0.15, 0.2) is 0 Å². The van der Waals surface area contributed by atoms with Crippen molar-refractivity contribution in [2.75, 3.05) is 7.05 Å². The predicted molar refractivity (Wildman–Crippen MR) is 96.8 cm³/mol. The van der Waals surface area contributed by atoms with Crippen molar-refractivity contribution in [1.29, 1.82) is 0 Å². The highest BCUT2D eigenvalue weighted by molar-refractivity contribution is 7.89. The summed E-state index contributed by atoms with van der Waals surface area (Å²) >= 11 is 6.16. The Hall–Kier alpha value is -0.580. The third-order valence-corrected chi connectivity index (χ3v) is 9.28. The van der Waals surface area contributed by atoms with E-state index in [0.29, 0.717) is 9.92 Å². The number of sulfonamides is 1. The molecule has 1 aromatic rings. The van der Waals surface area contributed by atoms with Gasteiger partial charge in [0.1, 0.15) is 0 Å². The molecule has 0 radical (unpaired) electrons. The minimum absolute atomic E-state index is 0.159. The molecule has 3 nitrogen and oxygen atoms in total. The van der Waals surface area contributed by atoms with Gasteiger partial charge in [-0.25, -0.2) is 8.42 Å². The molecule has 5 heteroatoms. The van der Waals surface area contributed by atoms with Gasteiger partial charge >= 0.3 is 0 Å². The van der Waals surface area contributed by atoms with Crippen molar-refractivity contribution in [3.63, 3.8) is 0 Å². The Morgan fingerprint density at radius 3 is 2.00 bits per heavy atom. The molecule has 5 rings (SSSR count). The van der Waals surface area contributed by atoms with Gasteiger partial charge in [0.2, 0.25) is 10.0 Å². The van der Waals surface area contributed by atoms with Crippen molar-refractivity contribution < 1.29 is 8.42 Å². The lowest BCUT2D eigenvalue weighted by molar-refractivity contribution is -0.0495. The first-order chi connectivity index (χ1) is 11.2. The van der Waals surface area contributed by atoms with E-state index in [9.17, 15) is 8.42 Å². The minimum Gasteiger partial charge on any atom is -0.207 e. The first kappa shape index (κ1) is 16.9. The van der Waals surface area contributed by atoms with E-state index in [1.165, 1.54) is 19.3 Å². The Morgan fingerprint density at radius 1 is 1.00 bits per heavy atom. The van der Waals surface area contributed by atoms with Crippen LogP contribution < -0.4 is 0 Å². The van der Waals surface area contributed by atoms with Gasteiger partial charge in [-0.1, -0.05) is 11.6 Å². The average molecular weight is 368 g/mol. The second-order valence-corrected chi connectivity index (χ2v) is 10.8. The molecule has 4 bridgehead atoms. The Morgan fingerprint density at radius 2 is 1.50 bits per heavy atom. The summed E-state index contributed by atoms with van der Waals surface area (Å²) in [6.45, 7) is 3.71. The van der Waals surface area contributed by atoms with Gasteiger partial charge in [0, 0.05) is 17.6 Å². The van der Waals surface area contributed by atoms with Crippen LogP contribution in [0.15, 0.2) is 17.0 Å². The maximum absolute atomic E-state index is 13.4. The molecule has 0 spiro atoms. The van der Waals surface area contributed by atoms with Gasteiger partial charge < -0.3 is 0 Å². The van der Waals surface area contributed by atoms with Crippen molar-refractivity contribution in [3.8, 4) is 0 Å². The smallest absolute Gasteiger partial charge is 0.207 e. The predicted octanol–water partition coefficient (Wildman–Crippen LogP) is 4.55. The van der Waals surface area contributed by atoms with Crippen LogP contribution in [-0.2, 0) is 10.0 Å². The summed E-state index contributed by atoms with van der Waals surface area (Å²) in [5.41, 5.74) is 1.40. The van der Waals surface area contributed by atoms with E-state index in [2.05, 4.69) is 0 Å². The SMILES string of the molecule is Cc1cc(S(=O)(=O)N(C)C23CC4CC(CC(C4)C2)C3)c(C)cc1Cl. The summed E-state index contributed by atoms with van der Waals surface area (Å²) < 4.78 is 28.6. The molecule has 4 aliphatic rings. The number of aryl methyl sites for hydroxylation is 2. The summed E-state index contributed by atoms with van der Waals surface area (Å²) in [7, 11) is -1.69. The van der Waals surface area contributed by atoms with Crippen LogP contribution in [0.25, 0.3) is 0 Å². The van der Waals surface area contributed by atoms with Gasteiger partial charge in [0.25, 0.3) is 0 Å². The lowest BCUT2D eigenvalue weighted by atomic mass is 9.53. The third kappa shape index (κ3) is 2.45. The standard InChI is InChI=1S/C19H26ClNO2S/c1-12-5-18(13(2)4-17(12)20)24(22,23)21(3)19-9-14-6-15(10-19)8-16(7-14)11-19/h4-5,14-16H,6-11H2,1-3H3. The molecular formula is C19H26ClNO2S. The highest BCUT2D eigenvalue weighted by atomic mass is 35.5. The summed E-state index contributed by atoms with van der Waals surface area (Å²) in [6.07, 6.45) is 7.06. The van der Waals surface area contributed by atoms with E-state index in [-0.39, 0.29) is 5.54 Å². The Kier molecular flexibility index (Phi) is 3.83. The maximum atomic E-state index is 13.4. The van der Waals surface area contributed by atoms with Gasteiger partial charge in [-0.05, 0) is 93.4 Å². The van der Waals surface area contributed by atoms with Crippen molar-refractivity contribution in [2.24, 2.45) is 17.8 Å². The highest BCUT2D eigenvalue weighted by Crippen LogP contribution is 2.58. The van der Waals surface area contributed by atoms with E-state index in [4.69, 9.17) is 11.6 Å². The third-order valence-electron chi connectivity index (χ3n) is 6.77. The Balaban J connectivity index is 1.74. The van der Waals surface area contributed by atoms with E-state index in [1.807, 2.05) is 20.9 Å². The molecule has 0 aliphatic heterocycles. The van der Waals surface area contributed by atoms with Gasteiger partial charge in [-0.2, -0.15) is 4.31 Å². The van der Waals surface area contributed by atoms with Crippen LogP contribution in [0, 0.1) is 31.6 Å². The molecular weight excluding hydrogens is 342 g/mol. The van der Waals surface area contributed by atoms with Crippen LogP contribution in [0.4, 0.5) is 0 Å². The van der Waals surface area contributed by atoms with E-state index < -0.39 is 10.0 Å². The lowest BCUT2D eigenvalue weighted by Crippen LogP contribution is -2.60. The number of hydrogen-bond acceptors (Lipinski definition) is 2. The molecule has 24 heavy (non-hydrogen) atoms. The molecule has 0 unspecified atom stereocenters. The largest absolute Gasteiger partial charge is 0.243 e. The number of nitrogens with zero attached hydrogens (tertiary/aromatic N) is 1. The molecule has 0 heterocycles. The first-order valence-corrected chi connectivity index (χ1v) is 10.8. The number of hydrogen-bond donors (Lipinski definition) is 0. The molecule has 4 saturated carbocycles. The molecule has 0 saturated heterocycles. The monoisotopic (exact) mass is 367 g/mol. The molecule has 4 aliphatic carbocycles. The zero-order valence-corrected chi connectivity index (χ0v) is 16.3. The second-order valence-electron chi connectivity index (χ2n) is 8.48. The van der Waals surface area contributed by atoms with Crippen LogP contribution in [0.3, 0.4) is 0 Å². The van der Waals surface area contributed by atoms with Crippen molar-refractivity contribution in [2.45, 2.75) is 62.8 Å². The Labute approximate surface area is 150 Å². The molecule has 0 aromatic heterocycles. The van der Waals surface area contributed by atoms with Crippen LogP contribution >= 0.6 is 11.6 Å². The minimum atomic E-state index is -3.50. The number of rotatable bonds is 3. The van der Waals surface area contributed by atoms with Crippen molar-refractivity contribution in [1.82, 2.24) is 4.31 Å². The quantitative estimate of drug-likeness (QED) is 0.786. The first-order valence-electron chi connectivity index (χ1n) is 8.97. The fourth-order valence-electron chi connectivity index (χ4n) is 5.89. The van der Waals surface area contributed by atoms with Crippen LogP contribution in [-0.4, -0.2) is 25.3 Å². The van der Waals surface area contributed by atoms with Crippen molar-refractivity contribution in [3.05, 3.63) is 28.3 Å². The maximum Gasteiger partial charge on any atom is 0.243 e. The molecule has 0 amide bonds. The summed E-state index contributed by atoms with van der Waals surface area (Å²) in [6, 6.07) is 3.52. The second kappa shape index (κ2) is 5.46. The zero-order valence-electron chi connectivity index (χ0n) is 14.7. The molecule has 132 valence electrons. The normalized spacial score (nSPS) is 35.0. The summed E-state index contributed by atoms with van der Waals surface area (Å²) in [5.74, 6) is 2.17. The number of halogens is 1. The summed E-state index contributed by atoms with van der Waals surface area (Å²) in [5, 5.41) is 0.629. The highest BCUT2D eigenvalue weighted by Gasteiger charge is 2.55. The Bertz CT molecular complexity index is 752. The molecule has 0 N–H and O–H groups in total. The van der Waals surface area contributed by atoms with Crippen LogP contribution in [0.1, 0.15) is 49.7 Å². The molecule has 0 atom stereocenters. The fraction of sp³-hybridized carbons (Fsp3) is 0.684. The topological polar surface area (TPSA) is 37.4 Å². The average Bonchev–Trinajstić information content (AvgIpc) is 2.48. The van der Waals surface area contributed by atoms with Gasteiger partial charge in [-0.15, -0.1) is 0 Å². The van der Waals surface area contributed by atoms with Crippen LogP contribution in [0.2, 0.25) is 5.02 Å². The summed E-state index contributed by atoms with van der Waals surface area (Å²) in [4.78, 5) is 0.419. The molecule has 4 fully saturated rings. The lowest BCUT2D eigenvalue weighted by Gasteiger charge is -2.59. The van der Waals surface area contributed by atoms with E-state index >= 15 is 0 Å². The van der Waals surface area contributed by atoms with E-state index in [0.717, 1.165) is 48.1 Å². The van der Waals surface area contributed by atoms with Crippen molar-refractivity contribution >= 4 is 21.6 Å².